The normalized spacial score (nSPS) is 14.5. The van der Waals surface area contributed by atoms with Crippen molar-refractivity contribution in [3.05, 3.63) is 11.8 Å². The van der Waals surface area contributed by atoms with E-state index in [9.17, 15) is 0 Å². The summed E-state index contributed by atoms with van der Waals surface area (Å²) < 4.78 is 0. The van der Waals surface area contributed by atoms with E-state index in [0.29, 0.717) is 5.41 Å². The Morgan fingerprint density at radius 3 is 2.09 bits per heavy atom. The van der Waals surface area contributed by atoms with Gasteiger partial charge in [-0.25, -0.2) is 0 Å². The highest BCUT2D eigenvalue weighted by atomic mass is 14.7. The van der Waals surface area contributed by atoms with E-state index in [1.165, 1.54) is 5.70 Å². The molecule has 0 radical (unpaired) electrons. The number of hydrogen-bond acceptors (Lipinski definition) is 1. The maximum Gasteiger partial charge on any atom is 0.0362 e. The maximum atomic E-state index is 4.26. The molecule has 0 aromatic carbocycles. The Labute approximate surface area is 70.2 Å². The van der Waals surface area contributed by atoms with Gasteiger partial charge in [-0.05, 0) is 25.7 Å². The first-order valence-electron chi connectivity index (χ1n) is 4.13. The molecule has 0 unspecified atom stereocenters. The van der Waals surface area contributed by atoms with Crippen molar-refractivity contribution >= 4 is 6.21 Å². The Bertz CT molecular complexity index is 158. The summed E-state index contributed by atoms with van der Waals surface area (Å²) in [6, 6.07) is 0. The van der Waals surface area contributed by atoms with Crippen molar-refractivity contribution in [2.24, 2.45) is 10.4 Å². The van der Waals surface area contributed by atoms with Crippen molar-refractivity contribution in [3.8, 4) is 0 Å². The molecule has 0 aliphatic carbocycles. The van der Waals surface area contributed by atoms with E-state index < -0.39 is 0 Å². The summed E-state index contributed by atoms with van der Waals surface area (Å²) >= 11 is 0. The first kappa shape index (κ1) is 10.4. The van der Waals surface area contributed by atoms with Crippen molar-refractivity contribution in [2.75, 3.05) is 0 Å². The average Bonchev–Trinajstić information content (AvgIpc) is 1.84. The van der Waals surface area contributed by atoms with Gasteiger partial charge < -0.3 is 0 Å². The SMILES string of the molecule is C/C=N\C(=C/C)CC(C)(C)C. The molecule has 11 heavy (non-hydrogen) atoms. The minimum atomic E-state index is 0.342. The van der Waals surface area contributed by atoms with E-state index in [2.05, 4.69) is 31.8 Å². The first-order chi connectivity index (χ1) is 4.99. The summed E-state index contributed by atoms with van der Waals surface area (Å²) in [7, 11) is 0. The van der Waals surface area contributed by atoms with Gasteiger partial charge >= 0.3 is 0 Å². The number of aliphatic imine (C=N–C) groups is 1. The predicted molar refractivity (Wildman–Crippen MR) is 52.0 cm³/mol. The molecule has 1 heteroatoms. The summed E-state index contributed by atoms with van der Waals surface area (Å²) in [4.78, 5) is 4.26. The van der Waals surface area contributed by atoms with Crippen molar-refractivity contribution in [1.82, 2.24) is 0 Å². The lowest BCUT2D eigenvalue weighted by Gasteiger charge is -2.17. The highest BCUT2D eigenvalue weighted by Crippen LogP contribution is 2.24. The van der Waals surface area contributed by atoms with Crippen LogP contribution in [0.2, 0.25) is 0 Å². The quantitative estimate of drug-likeness (QED) is 0.539. The zero-order valence-electron chi connectivity index (χ0n) is 8.31. The third-order valence-electron chi connectivity index (χ3n) is 1.34. The van der Waals surface area contributed by atoms with Crippen LogP contribution in [0.25, 0.3) is 0 Å². The zero-order chi connectivity index (χ0) is 8.91. The maximum absolute atomic E-state index is 4.26. The topological polar surface area (TPSA) is 12.4 Å². The van der Waals surface area contributed by atoms with Crippen LogP contribution in [0, 0.1) is 5.41 Å². The molecule has 0 aliphatic heterocycles. The van der Waals surface area contributed by atoms with Crippen LogP contribution in [0.5, 0.6) is 0 Å². The molecule has 0 spiro atoms. The molecule has 0 atom stereocenters. The molecule has 1 nitrogen and oxygen atoms in total. The zero-order valence-corrected chi connectivity index (χ0v) is 8.31. The molecule has 0 aliphatic rings. The van der Waals surface area contributed by atoms with Crippen molar-refractivity contribution in [3.63, 3.8) is 0 Å². The predicted octanol–water partition coefficient (Wildman–Crippen LogP) is 3.42. The largest absolute Gasteiger partial charge is 0.266 e. The van der Waals surface area contributed by atoms with E-state index in [0.717, 1.165) is 6.42 Å². The Kier molecular flexibility index (Phi) is 4.09. The van der Waals surface area contributed by atoms with Crippen molar-refractivity contribution in [2.45, 2.75) is 41.0 Å². The summed E-state index contributed by atoms with van der Waals surface area (Å²) in [6.45, 7) is 10.7. The van der Waals surface area contributed by atoms with Crippen molar-refractivity contribution in [1.29, 1.82) is 0 Å². The van der Waals surface area contributed by atoms with E-state index in [4.69, 9.17) is 0 Å². The molecular formula is C10H19N. The summed E-state index contributed by atoms with van der Waals surface area (Å²) in [6.07, 6.45) is 4.97. The lowest BCUT2D eigenvalue weighted by atomic mass is 9.90. The van der Waals surface area contributed by atoms with Crippen LogP contribution in [0.15, 0.2) is 16.8 Å². The summed E-state index contributed by atoms with van der Waals surface area (Å²) in [5, 5.41) is 0. The Morgan fingerprint density at radius 1 is 1.27 bits per heavy atom. The molecule has 0 aromatic heterocycles. The molecule has 0 saturated heterocycles. The highest BCUT2D eigenvalue weighted by molar-refractivity contribution is 5.55. The first-order valence-corrected chi connectivity index (χ1v) is 4.13. The smallest absolute Gasteiger partial charge is 0.0362 e. The van der Waals surface area contributed by atoms with Gasteiger partial charge in [-0.15, -0.1) is 0 Å². The molecule has 64 valence electrons. The fraction of sp³-hybridized carbons (Fsp3) is 0.700. The van der Waals surface area contributed by atoms with Crippen molar-refractivity contribution < 1.29 is 0 Å². The highest BCUT2D eigenvalue weighted by Gasteiger charge is 2.11. The fourth-order valence-corrected chi connectivity index (χ4v) is 0.931. The molecule has 0 bridgehead atoms. The molecule has 0 N–H and O–H groups in total. The van der Waals surface area contributed by atoms with Crippen LogP contribution >= 0.6 is 0 Å². The van der Waals surface area contributed by atoms with Crippen LogP contribution in [0.3, 0.4) is 0 Å². The van der Waals surface area contributed by atoms with Gasteiger partial charge in [0.1, 0.15) is 0 Å². The summed E-state index contributed by atoms with van der Waals surface area (Å²) in [5.74, 6) is 0. The van der Waals surface area contributed by atoms with Crippen LogP contribution < -0.4 is 0 Å². The lowest BCUT2D eigenvalue weighted by molar-refractivity contribution is 0.408. The molecule has 0 saturated carbocycles. The second-order valence-electron chi connectivity index (χ2n) is 3.90. The van der Waals surface area contributed by atoms with Gasteiger partial charge in [0.2, 0.25) is 0 Å². The number of rotatable bonds is 2. The number of allylic oxidation sites excluding steroid dienone is 2. The molecule has 0 heterocycles. The second kappa shape index (κ2) is 4.32. The van der Waals surface area contributed by atoms with Crippen LogP contribution in [-0.2, 0) is 0 Å². The average molecular weight is 153 g/mol. The monoisotopic (exact) mass is 153 g/mol. The number of hydrogen-bond donors (Lipinski definition) is 0. The van der Waals surface area contributed by atoms with Gasteiger partial charge in [-0.2, -0.15) is 0 Å². The van der Waals surface area contributed by atoms with Gasteiger partial charge in [-0.3, -0.25) is 4.99 Å². The number of nitrogens with zero attached hydrogens (tertiary/aromatic N) is 1. The van der Waals surface area contributed by atoms with Crippen LogP contribution in [0.1, 0.15) is 41.0 Å². The van der Waals surface area contributed by atoms with Gasteiger partial charge in [0.25, 0.3) is 0 Å². The van der Waals surface area contributed by atoms with Gasteiger partial charge in [-0.1, -0.05) is 26.8 Å². The molecule has 0 amide bonds. The van der Waals surface area contributed by atoms with Gasteiger partial charge in [0.05, 0.1) is 0 Å². The van der Waals surface area contributed by atoms with E-state index >= 15 is 0 Å². The molecule has 0 fully saturated rings. The molecular weight excluding hydrogens is 134 g/mol. The molecule has 0 rings (SSSR count). The van der Waals surface area contributed by atoms with Gasteiger partial charge in [0, 0.05) is 11.9 Å². The Balaban J connectivity index is 4.12. The third kappa shape index (κ3) is 5.84. The van der Waals surface area contributed by atoms with Crippen LogP contribution in [0.4, 0.5) is 0 Å². The lowest BCUT2D eigenvalue weighted by Crippen LogP contribution is -2.05. The van der Waals surface area contributed by atoms with E-state index in [-0.39, 0.29) is 0 Å². The van der Waals surface area contributed by atoms with Crippen LogP contribution in [-0.4, -0.2) is 6.21 Å². The third-order valence-corrected chi connectivity index (χ3v) is 1.34. The standard InChI is InChI=1S/C10H19N/c1-6-9(11-7-2)8-10(3,4)5/h6-7H,8H2,1-5H3/b9-6-,11-7-. The fourth-order valence-electron chi connectivity index (χ4n) is 0.931. The molecule has 0 aromatic rings. The Morgan fingerprint density at radius 2 is 1.82 bits per heavy atom. The minimum absolute atomic E-state index is 0.342. The second-order valence-corrected chi connectivity index (χ2v) is 3.90. The van der Waals surface area contributed by atoms with E-state index in [1.54, 1.807) is 0 Å². The van der Waals surface area contributed by atoms with Gasteiger partial charge in [0.15, 0.2) is 0 Å². The Hall–Kier alpha value is -0.590. The van der Waals surface area contributed by atoms with E-state index in [1.807, 2.05) is 20.1 Å². The summed E-state index contributed by atoms with van der Waals surface area (Å²) in [5.41, 5.74) is 1.52. The minimum Gasteiger partial charge on any atom is -0.266 e.